The zero-order valence-corrected chi connectivity index (χ0v) is 16.7. The molecular formula is C22H27N3O3. The third-order valence-electron chi connectivity index (χ3n) is 6.09. The fraction of sp³-hybridized carbons (Fsp3) is 0.455. The number of pyridine rings is 1. The molecular weight excluding hydrogens is 354 g/mol. The van der Waals surface area contributed by atoms with E-state index in [1.165, 1.54) is 18.2 Å². The minimum absolute atomic E-state index is 0.157. The van der Waals surface area contributed by atoms with Crippen LogP contribution in [0.5, 0.6) is 0 Å². The summed E-state index contributed by atoms with van der Waals surface area (Å²) in [5, 5.41) is 0. The summed E-state index contributed by atoms with van der Waals surface area (Å²) < 4.78 is 11.1. The van der Waals surface area contributed by atoms with E-state index in [1.807, 2.05) is 0 Å². The van der Waals surface area contributed by atoms with Crippen LogP contribution in [0.25, 0.3) is 11.1 Å². The van der Waals surface area contributed by atoms with E-state index in [0.29, 0.717) is 12.6 Å². The Labute approximate surface area is 165 Å². The van der Waals surface area contributed by atoms with Crippen molar-refractivity contribution < 1.29 is 14.3 Å². The summed E-state index contributed by atoms with van der Waals surface area (Å²) in [6, 6.07) is 8.72. The van der Waals surface area contributed by atoms with E-state index in [2.05, 4.69) is 41.9 Å². The normalized spacial score (nSPS) is 18.4. The molecule has 3 heterocycles. The largest absolute Gasteiger partial charge is 0.465 e. The molecule has 2 aliphatic rings. The monoisotopic (exact) mass is 381 g/mol. The Balaban J connectivity index is 1.62. The number of methoxy groups -OCH3 is 1. The Kier molecular flexibility index (Phi) is 4.85. The first-order chi connectivity index (χ1) is 13.4. The summed E-state index contributed by atoms with van der Waals surface area (Å²) in [4.78, 5) is 18.6. The van der Waals surface area contributed by atoms with Gasteiger partial charge in [0.05, 0.1) is 19.3 Å². The minimum Gasteiger partial charge on any atom is -0.465 e. The molecule has 1 saturated heterocycles. The number of nitrogen functional groups attached to an aromatic ring is 1. The molecule has 2 aliphatic heterocycles. The van der Waals surface area contributed by atoms with Crippen molar-refractivity contribution in [1.82, 2.24) is 9.88 Å². The third kappa shape index (κ3) is 3.16. The van der Waals surface area contributed by atoms with Gasteiger partial charge in [-0.25, -0.2) is 9.78 Å². The number of anilines is 1. The molecule has 1 aromatic carbocycles. The second-order valence-corrected chi connectivity index (χ2v) is 7.93. The number of rotatable bonds is 3. The lowest BCUT2D eigenvalue weighted by Crippen LogP contribution is -2.45. The summed E-state index contributed by atoms with van der Waals surface area (Å²) in [5.74, 6) is -0.303. The van der Waals surface area contributed by atoms with E-state index in [0.717, 1.165) is 37.1 Å². The van der Waals surface area contributed by atoms with Gasteiger partial charge in [0.25, 0.3) is 0 Å². The number of aromatic nitrogens is 1. The number of benzene rings is 1. The SMILES string of the molecule is COC(=O)c1cc(-c2ccc3c(c2)COC32CCN(C(C)C)CC2)cnc1N. The van der Waals surface area contributed by atoms with Crippen molar-refractivity contribution in [3.63, 3.8) is 0 Å². The number of carbonyl (C=O) groups is 1. The molecule has 28 heavy (non-hydrogen) atoms. The summed E-state index contributed by atoms with van der Waals surface area (Å²) >= 11 is 0. The van der Waals surface area contributed by atoms with Gasteiger partial charge in [0.1, 0.15) is 11.4 Å². The molecule has 4 rings (SSSR count). The van der Waals surface area contributed by atoms with Crippen LogP contribution in [0.4, 0.5) is 5.82 Å². The summed E-state index contributed by atoms with van der Waals surface area (Å²) in [7, 11) is 1.34. The maximum atomic E-state index is 11.9. The Bertz CT molecular complexity index is 902. The average molecular weight is 381 g/mol. The molecule has 1 aromatic heterocycles. The molecule has 0 aliphatic carbocycles. The van der Waals surface area contributed by atoms with Crippen LogP contribution < -0.4 is 5.73 Å². The molecule has 6 heteroatoms. The van der Waals surface area contributed by atoms with E-state index in [4.69, 9.17) is 15.2 Å². The van der Waals surface area contributed by atoms with Gasteiger partial charge < -0.3 is 20.1 Å². The van der Waals surface area contributed by atoms with Crippen molar-refractivity contribution in [2.75, 3.05) is 25.9 Å². The van der Waals surface area contributed by atoms with Gasteiger partial charge in [-0.1, -0.05) is 12.1 Å². The highest BCUT2D eigenvalue weighted by molar-refractivity contribution is 5.95. The number of hydrogen-bond donors (Lipinski definition) is 1. The molecule has 148 valence electrons. The molecule has 0 atom stereocenters. The highest BCUT2D eigenvalue weighted by atomic mass is 16.5. The second-order valence-electron chi connectivity index (χ2n) is 7.93. The second kappa shape index (κ2) is 7.18. The zero-order valence-electron chi connectivity index (χ0n) is 16.7. The van der Waals surface area contributed by atoms with Crippen LogP contribution in [0.15, 0.2) is 30.5 Å². The fourth-order valence-electron chi connectivity index (χ4n) is 4.35. The third-order valence-corrected chi connectivity index (χ3v) is 6.09. The van der Waals surface area contributed by atoms with Crippen LogP contribution in [0.1, 0.15) is 48.2 Å². The maximum absolute atomic E-state index is 11.9. The van der Waals surface area contributed by atoms with E-state index in [-0.39, 0.29) is 17.0 Å². The van der Waals surface area contributed by atoms with Crippen molar-refractivity contribution in [2.45, 2.75) is 44.9 Å². The van der Waals surface area contributed by atoms with Crippen LogP contribution in [0.2, 0.25) is 0 Å². The van der Waals surface area contributed by atoms with Crippen LogP contribution in [0, 0.1) is 0 Å². The molecule has 1 spiro atoms. The molecule has 0 amide bonds. The first-order valence-electron chi connectivity index (χ1n) is 9.79. The van der Waals surface area contributed by atoms with Crippen molar-refractivity contribution in [3.8, 4) is 11.1 Å². The number of fused-ring (bicyclic) bond motifs is 2. The summed E-state index contributed by atoms with van der Waals surface area (Å²) in [6.45, 7) is 7.23. The molecule has 6 nitrogen and oxygen atoms in total. The van der Waals surface area contributed by atoms with E-state index >= 15 is 0 Å². The Hall–Kier alpha value is -2.44. The molecule has 0 radical (unpaired) electrons. The topological polar surface area (TPSA) is 77.7 Å². The van der Waals surface area contributed by atoms with Gasteiger partial charge in [-0.15, -0.1) is 0 Å². The predicted molar refractivity (Wildman–Crippen MR) is 108 cm³/mol. The Morgan fingerprint density at radius 2 is 2.00 bits per heavy atom. The lowest BCUT2D eigenvalue weighted by Gasteiger charge is -2.41. The van der Waals surface area contributed by atoms with Gasteiger partial charge in [0.15, 0.2) is 0 Å². The smallest absolute Gasteiger partial charge is 0.341 e. The molecule has 2 aromatic rings. The standard InChI is InChI=1S/C22H27N3O3/c1-14(2)25-8-6-22(7-9-25)19-5-4-15(10-17(19)13-28-22)16-11-18(21(26)27-3)20(23)24-12-16/h4-5,10-12,14H,6-9,13H2,1-3H3,(H2,23,24). The van der Waals surface area contributed by atoms with Gasteiger partial charge in [0, 0.05) is 30.9 Å². The van der Waals surface area contributed by atoms with Gasteiger partial charge >= 0.3 is 5.97 Å². The summed E-state index contributed by atoms with van der Waals surface area (Å²) in [6.07, 6.45) is 3.73. The Morgan fingerprint density at radius 3 is 2.68 bits per heavy atom. The Morgan fingerprint density at radius 1 is 1.25 bits per heavy atom. The van der Waals surface area contributed by atoms with Crippen LogP contribution in [0.3, 0.4) is 0 Å². The highest BCUT2D eigenvalue weighted by Gasteiger charge is 2.42. The number of ether oxygens (including phenoxy) is 2. The van der Waals surface area contributed by atoms with Crippen molar-refractivity contribution in [2.24, 2.45) is 0 Å². The number of piperidine rings is 1. The van der Waals surface area contributed by atoms with Gasteiger partial charge in [-0.05, 0) is 55.5 Å². The number of nitrogens with zero attached hydrogens (tertiary/aromatic N) is 2. The average Bonchev–Trinajstić information content (AvgIpc) is 3.05. The zero-order chi connectivity index (χ0) is 19.9. The molecule has 1 fully saturated rings. The van der Waals surface area contributed by atoms with E-state index in [1.54, 1.807) is 12.3 Å². The number of carbonyl (C=O) groups excluding carboxylic acids is 1. The number of nitrogens with two attached hydrogens (primary N) is 1. The molecule has 0 saturated carbocycles. The highest BCUT2D eigenvalue weighted by Crippen LogP contribution is 2.45. The van der Waals surface area contributed by atoms with Crippen molar-refractivity contribution >= 4 is 11.8 Å². The van der Waals surface area contributed by atoms with Gasteiger partial charge in [-0.2, -0.15) is 0 Å². The first-order valence-corrected chi connectivity index (χ1v) is 9.79. The van der Waals surface area contributed by atoms with Crippen molar-refractivity contribution in [1.29, 1.82) is 0 Å². The maximum Gasteiger partial charge on any atom is 0.341 e. The van der Waals surface area contributed by atoms with Gasteiger partial charge in [-0.3, -0.25) is 0 Å². The molecule has 0 bridgehead atoms. The predicted octanol–water partition coefficient (Wildman–Crippen LogP) is 3.35. The van der Waals surface area contributed by atoms with Crippen molar-refractivity contribution in [3.05, 3.63) is 47.2 Å². The van der Waals surface area contributed by atoms with Crippen LogP contribution >= 0.6 is 0 Å². The number of likely N-dealkylation sites (tertiary alicyclic amines) is 1. The minimum atomic E-state index is -0.479. The van der Waals surface area contributed by atoms with Gasteiger partial charge in [0.2, 0.25) is 0 Å². The number of esters is 1. The number of hydrogen-bond acceptors (Lipinski definition) is 6. The summed E-state index contributed by atoms with van der Waals surface area (Å²) in [5.41, 5.74) is 10.3. The van der Waals surface area contributed by atoms with Crippen LogP contribution in [-0.4, -0.2) is 42.1 Å². The lowest BCUT2D eigenvalue weighted by atomic mass is 9.82. The van der Waals surface area contributed by atoms with E-state index in [9.17, 15) is 4.79 Å². The van der Waals surface area contributed by atoms with Crippen LogP contribution in [-0.2, 0) is 21.7 Å². The molecule has 0 unspecified atom stereocenters. The lowest BCUT2D eigenvalue weighted by molar-refractivity contribution is -0.0825. The quantitative estimate of drug-likeness (QED) is 0.822. The molecule has 2 N–H and O–H groups in total. The fourth-order valence-corrected chi connectivity index (χ4v) is 4.35. The van der Waals surface area contributed by atoms with E-state index < -0.39 is 5.97 Å². The first kappa shape index (κ1) is 18.9.